The molecule has 3 aromatic carbocycles. The number of benzene rings is 3. The maximum absolute atomic E-state index is 14.2. The highest BCUT2D eigenvalue weighted by molar-refractivity contribution is 7.92. The van der Waals surface area contributed by atoms with Crippen molar-refractivity contribution in [2.24, 2.45) is 0 Å². The fourth-order valence-corrected chi connectivity index (χ4v) is 6.21. The Kier molecular flexibility index (Phi) is 12.7. The van der Waals surface area contributed by atoms with Crippen molar-refractivity contribution >= 4 is 85.5 Å². The van der Waals surface area contributed by atoms with Crippen molar-refractivity contribution in [2.75, 3.05) is 23.7 Å². The summed E-state index contributed by atoms with van der Waals surface area (Å²) in [6.45, 7) is 1.65. The number of carbonyl (C=O) groups excluding carboxylic acids is 2. The molecule has 226 valence electrons. The number of rotatable bonds is 13. The highest BCUT2D eigenvalue weighted by Gasteiger charge is 2.34. The van der Waals surface area contributed by atoms with E-state index in [1.54, 1.807) is 12.1 Å². The topological polar surface area (TPSA) is 86.8 Å². The van der Waals surface area contributed by atoms with E-state index in [2.05, 4.69) is 5.32 Å². The summed E-state index contributed by atoms with van der Waals surface area (Å²) in [7, 11) is -4.05. The van der Waals surface area contributed by atoms with Crippen LogP contribution in [0.1, 0.15) is 30.9 Å². The van der Waals surface area contributed by atoms with E-state index < -0.39 is 28.5 Å². The summed E-state index contributed by atoms with van der Waals surface area (Å²) in [5, 5.41) is 3.76. The van der Waals surface area contributed by atoms with Gasteiger partial charge in [0.05, 0.1) is 27.0 Å². The van der Waals surface area contributed by atoms with Gasteiger partial charge in [-0.3, -0.25) is 13.9 Å². The molecule has 0 bridgehead atoms. The van der Waals surface area contributed by atoms with E-state index in [-0.39, 0.29) is 44.7 Å². The van der Waals surface area contributed by atoms with Gasteiger partial charge in [0.25, 0.3) is 0 Å². The van der Waals surface area contributed by atoms with Gasteiger partial charge in [-0.2, -0.15) is 0 Å². The number of nitrogens with one attached hydrogen (secondary N) is 1. The predicted octanol–water partition coefficient (Wildman–Crippen LogP) is 7.28. The molecule has 0 aliphatic rings. The van der Waals surface area contributed by atoms with Crippen LogP contribution >= 0.6 is 58.0 Å². The van der Waals surface area contributed by atoms with E-state index in [0.29, 0.717) is 17.1 Å². The predicted molar refractivity (Wildman–Crippen MR) is 173 cm³/mol. The number of anilines is 1. The number of unbranched alkanes of at least 4 members (excludes halogenated alkanes) is 1. The van der Waals surface area contributed by atoms with Gasteiger partial charge >= 0.3 is 0 Å². The number of hydrogen-bond acceptors (Lipinski definition) is 4. The van der Waals surface area contributed by atoms with E-state index in [9.17, 15) is 18.0 Å². The van der Waals surface area contributed by atoms with Crippen LogP contribution in [0.25, 0.3) is 0 Å². The molecule has 0 spiro atoms. The lowest BCUT2D eigenvalue weighted by Gasteiger charge is -2.34. The summed E-state index contributed by atoms with van der Waals surface area (Å²) < 4.78 is 26.8. The molecule has 0 saturated heterocycles. The zero-order chi connectivity index (χ0) is 31.0. The molecular formula is C29H30Cl5N3O4S. The largest absolute Gasteiger partial charge is 0.354 e. The van der Waals surface area contributed by atoms with Crippen molar-refractivity contribution in [3.63, 3.8) is 0 Å². The first-order valence-corrected chi connectivity index (χ1v) is 16.7. The minimum atomic E-state index is -4.05. The van der Waals surface area contributed by atoms with Gasteiger partial charge in [-0.15, -0.1) is 0 Å². The molecule has 0 fully saturated rings. The van der Waals surface area contributed by atoms with E-state index in [4.69, 9.17) is 58.0 Å². The van der Waals surface area contributed by atoms with E-state index in [0.717, 1.165) is 29.0 Å². The molecular weight excluding hydrogens is 664 g/mol. The average Bonchev–Trinajstić information content (AvgIpc) is 2.92. The Balaban J connectivity index is 2.10. The molecule has 0 saturated carbocycles. The molecule has 0 aliphatic carbocycles. The summed E-state index contributed by atoms with van der Waals surface area (Å²) >= 11 is 31.2. The lowest BCUT2D eigenvalue weighted by molar-refractivity contribution is -0.140. The first-order chi connectivity index (χ1) is 19.8. The van der Waals surface area contributed by atoms with Gasteiger partial charge in [0.1, 0.15) is 12.6 Å². The molecule has 1 atom stereocenters. The second-order valence-corrected chi connectivity index (χ2v) is 13.6. The molecule has 13 heteroatoms. The Morgan fingerprint density at radius 1 is 0.881 bits per heavy atom. The fourth-order valence-electron chi connectivity index (χ4n) is 4.19. The number of sulfonamides is 1. The quantitative estimate of drug-likeness (QED) is 0.151. The van der Waals surface area contributed by atoms with Crippen LogP contribution in [-0.2, 0) is 32.6 Å². The molecule has 7 nitrogen and oxygen atoms in total. The van der Waals surface area contributed by atoms with Gasteiger partial charge in [-0.25, -0.2) is 8.42 Å². The molecule has 0 aromatic heterocycles. The highest BCUT2D eigenvalue weighted by Crippen LogP contribution is 2.36. The minimum Gasteiger partial charge on any atom is -0.354 e. The Morgan fingerprint density at radius 2 is 1.55 bits per heavy atom. The van der Waals surface area contributed by atoms with Crippen LogP contribution in [0, 0.1) is 0 Å². The van der Waals surface area contributed by atoms with Crippen molar-refractivity contribution < 1.29 is 18.0 Å². The molecule has 0 aliphatic heterocycles. The SMILES string of the molecule is CCCCNC(=O)[C@@H](Cc1ccccc1)N(Cc1ccc(Cl)cc1Cl)C(=O)CN(c1cc(Cl)c(Cl)cc1Cl)S(C)(=O)=O. The molecule has 1 N–H and O–H groups in total. The third-order valence-electron chi connectivity index (χ3n) is 6.39. The van der Waals surface area contributed by atoms with Crippen LogP contribution in [0.4, 0.5) is 5.69 Å². The Hall–Kier alpha value is -2.20. The summed E-state index contributed by atoms with van der Waals surface area (Å²) in [5.41, 5.74) is 1.30. The third-order valence-corrected chi connectivity index (χ3v) is 9.13. The van der Waals surface area contributed by atoms with Crippen LogP contribution in [-0.4, -0.2) is 50.5 Å². The van der Waals surface area contributed by atoms with Crippen LogP contribution in [0.3, 0.4) is 0 Å². The average molecular weight is 694 g/mol. The molecule has 3 aromatic rings. The first kappa shape index (κ1) is 34.3. The highest BCUT2D eigenvalue weighted by atomic mass is 35.5. The number of halogens is 5. The van der Waals surface area contributed by atoms with E-state index in [1.165, 1.54) is 23.1 Å². The molecule has 2 amide bonds. The van der Waals surface area contributed by atoms with Crippen molar-refractivity contribution in [1.82, 2.24) is 10.2 Å². The summed E-state index contributed by atoms with van der Waals surface area (Å²) in [5.74, 6) is -1.05. The van der Waals surface area contributed by atoms with Gasteiger partial charge < -0.3 is 10.2 Å². The van der Waals surface area contributed by atoms with Gasteiger partial charge in [0.2, 0.25) is 21.8 Å². The number of amides is 2. The smallest absolute Gasteiger partial charge is 0.244 e. The van der Waals surface area contributed by atoms with Crippen LogP contribution in [0.5, 0.6) is 0 Å². The van der Waals surface area contributed by atoms with Gasteiger partial charge in [0.15, 0.2) is 0 Å². The van der Waals surface area contributed by atoms with Crippen molar-refractivity contribution in [2.45, 2.75) is 38.8 Å². The Bertz CT molecular complexity index is 1520. The maximum atomic E-state index is 14.2. The zero-order valence-electron chi connectivity index (χ0n) is 22.9. The standard InChI is InChI=1S/C29H30Cl5N3O4S/c1-3-4-12-35-29(39)27(13-19-8-6-5-7-9-19)36(17-20-10-11-21(30)14-22(20)31)28(38)18-37(42(2,40)41)26-16-24(33)23(32)15-25(26)34/h5-11,14-16,27H,3-4,12-13,17-18H2,1-2H3,(H,35,39)/t27-/m1/s1. The third kappa shape index (κ3) is 9.40. The van der Waals surface area contributed by atoms with Crippen LogP contribution < -0.4 is 9.62 Å². The maximum Gasteiger partial charge on any atom is 0.244 e. The van der Waals surface area contributed by atoms with Crippen molar-refractivity contribution in [3.05, 3.63) is 96.9 Å². The molecule has 0 heterocycles. The van der Waals surface area contributed by atoms with Crippen molar-refractivity contribution in [3.8, 4) is 0 Å². The second kappa shape index (κ2) is 15.5. The van der Waals surface area contributed by atoms with Gasteiger partial charge in [0, 0.05) is 29.6 Å². The van der Waals surface area contributed by atoms with Crippen LogP contribution in [0.15, 0.2) is 60.7 Å². The molecule has 3 rings (SSSR count). The van der Waals surface area contributed by atoms with Gasteiger partial charge in [-0.05, 0) is 41.8 Å². The number of nitrogens with zero attached hydrogens (tertiary/aromatic N) is 2. The van der Waals surface area contributed by atoms with Crippen molar-refractivity contribution in [1.29, 1.82) is 0 Å². The van der Waals surface area contributed by atoms with E-state index >= 15 is 0 Å². The first-order valence-electron chi connectivity index (χ1n) is 13.0. The van der Waals surface area contributed by atoms with Gasteiger partial charge in [-0.1, -0.05) is 108 Å². The molecule has 0 unspecified atom stereocenters. The van der Waals surface area contributed by atoms with Crippen LogP contribution in [0.2, 0.25) is 25.1 Å². The van der Waals surface area contributed by atoms with E-state index in [1.807, 2.05) is 37.3 Å². The summed E-state index contributed by atoms with van der Waals surface area (Å²) in [4.78, 5) is 29.1. The minimum absolute atomic E-state index is 0.0203. The fraction of sp³-hybridized carbons (Fsp3) is 0.310. The monoisotopic (exact) mass is 691 g/mol. The Morgan fingerprint density at radius 3 is 2.17 bits per heavy atom. The lowest BCUT2D eigenvalue weighted by atomic mass is 10.0. The lowest BCUT2D eigenvalue weighted by Crippen LogP contribution is -2.53. The summed E-state index contributed by atoms with van der Waals surface area (Å²) in [6, 6.07) is 15.6. The molecule has 42 heavy (non-hydrogen) atoms. The normalized spacial score (nSPS) is 12.1. The second-order valence-electron chi connectivity index (χ2n) is 9.59. The summed E-state index contributed by atoms with van der Waals surface area (Å²) in [6.07, 6.45) is 2.72. The number of hydrogen-bond donors (Lipinski definition) is 1. The number of carbonyl (C=O) groups is 2. The Labute approximate surface area is 271 Å². The molecule has 0 radical (unpaired) electrons. The zero-order valence-corrected chi connectivity index (χ0v) is 27.5.